The number of hydrogen-bond donors (Lipinski definition) is 4. The van der Waals surface area contributed by atoms with E-state index in [-0.39, 0.29) is 0 Å². The maximum atomic E-state index is 3.78. The standard InChI is InChI=1S/C5H11N.C5H5N.C4H4N2.C4H9N.2C3H4N2/c2*1-2-4-6-5-3-1;1-2-5-4-6-3-1;1-2-4-5-3-1;1-2-5-3-4-1;1-2-4-5-3-1/h6H,1-5H2;1-5H;1-4H;5H,1-4H2;2*1-3H,(H,4,5). The second kappa shape index (κ2) is 24.8. The molecule has 0 saturated carbocycles. The van der Waals surface area contributed by atoms with E-state index in [0.29, 0.717) is 0 Å². The molecule has 4 aromatic heterocycles. The van der Waals surface area contributed by atoms with E-state index < -0.39 is 0 Å². The fourth-order valence-corrected chi connectivity index (χ4v) is 2.42. The van der Waals surface area contributed by atoms with E-state index in [0.717, 1.165) is 0 Å². The van der Waals surface area contributed by atoms with Gasteiger partial charge in [-0.3, -0.25) is 10.1 Å². The lowest BCUT2D eigenvalue weighted by atomic mass is 10.2. The molecule has 0 radical (unpaired) electrons. The zero-order chi connectivity index (χ0) is 23.3. The number of nitrogens with one attached hydrogen (secondary N) is 4. The monoisotopic (exact) mass is 451 g/mol. The van der Waals surface area contributed by atoms with Crippen molar-refractivity contribution >= 4 is 0 Å². The van der Waals surface area contributed by atoms with Crippen LogP contribution >= 0.6 is 0 Å². The van der Waals surface area contributed by atoms with Gasteiger partial charge in [-0.05, 0) is 76.1 Å². The first-order chi connectivity index (χ1) is 16.5. The Kier molecular flexibility index (Phi) is 20.8. The van der Waals surface area contributed by atoms with Crippen LogP contribution in [0.5, 0.6) is 0 Å². The van der Waals surface area contributed by atoms with Crippen LogP contribution in [0.4, 0.5) is 0 Å². The topological polar surface area (TPSA) is 120 Å². The van der Waals surface area contributed by atoms with E-state index in [4.69, 9.17) is 0 Å². The Morgan fingerprint density at radius 2 is 1.12 bits per heavy atom. The van der Waals surface area contributed by atoms with Crippen LogP contribution < -0.4 is 10.6 Å². The maximum absolute atomic E-state index is 3.78. The second-order valence-corrected chi connectivity index (χ2v) is 6.72. The molecule has 0 unspecified atom stereocenters. The predicted octanol–water partition coefficient (Wildman–Crippen LogP) is 3.51. The SMILES string of the molecule is C1CCNC1.C1CCNCC1.c1c[nH]cn1.c1ccncc1.c1cn[nH]c1.c1cncnc1. The molecule has 4 aromatic rings. The number of H-pyrrole nitrogens is 2. The van der Waals surface area contributed by atoms with Crippen molar-refractivity contribution in [2.24, 2.45) is 0 Å². The Labute approximate surface area is 196 Å². The van der Waals surface area contributed by atoms with Crippen LogP contribution in [0.25, 0.3) is 0 Å². The van der Waals surface area contributed by atoms with Crippen LogP contribution in [-0.2, 0) is 0 Å². The van der Waals surface area contributed by atoms with Crippen molar-refractivity contribution in [3.05, 3.63) is 92.6 Å². The summed E-state index contributed by atoms with van der Waals surface area (Å²) in [5.41, 5.74) is 0. The van der Waals surface area contributed by atoms with Crippen LogP contribution in [-0.4, -0.2) is 61.3 Å². The van der Waals surface area contributed by atoms with E-state index in [9.17, 15) is 0 Å². The zero-order valence-corrected chi connectivity index (χ0v) is 19.3. The van der Waals surface area contributed by atoms with Gasteiger partial charge in [0.15, 0.2) is 0 Å². The lowest BCUT2D eigenvalue weighted by molar-refractivity contribution is 0.520. The van der Waals surface area contributed by atoms with E-state index in [1.165, 1.54) is 64.6 Å². The van der Waals surface area contributed by atoms with Gasteiger partial charge in [-0.1, -0.05) is 12.5 Å². The molecular formula is C24H37N9. The van der Waals surface area contributed by atoms with Crippen LogP contribution in [0, 0.1) is 0 Å². The van der Waals surface area contributed by atoms with Gasteiger partial charge in [0.2, 0.25) is 0 Å². The number of imidazole rings is 1. The van der Waals surface area contributed by atoms with E-state index >= 15 is 0 Å². The highest BCUT2D eigenvalue weighted by molar-refractivity contribution is 4.88. The van der Waals surface area contributed by atoms with Gasteiger partial charge in [0.25, 0.3) is 0 Å². The molecular weight excluding hydrogens is 414 g/mol. The lowest BCUT2D eigenvalue weighted by Crippen LogP contribution is -2.21. The third-order valence-electron chi connectivity index (χ3n) is 4.02. The average molecular weight is 452 g/mol. The van der Waals surface area contributed by atoms with Gasteiger partial charge >= 0.3 is 0 Å². The van der Waals surface area contributed by atoms with Gasteiger partial charge in [0.05, 0.1) is 6.33 Å². The summed E-state index contributed by atoms with van der Waals surface area (Å²) in [6.07, 6.45) is 23.9. The van der Waals surface area contributed by atoms with Gasteiger partial charge in [-0.2, -0.15) is 5.10 Å². The fourth-order valence-electron chi connectivity index (χ4n) is 2.42. The van der Waals surface area contributed by atoms with Crippen molar-refractivity contribution in [3.63, 3.8) is 0 Å². The smallest absolute Gasteiger partial charge is 0.115 e. The summed E-state index contributed by atoms with van der Waals surface area (Å²) < 4.78 is 0. The minimum Gasteiger partial charge on any atom is -0.351 e. The summed E-state index contributed by atoms with van der Waals surface area (Å²) >= 11 is 0. The van der Waals surface area contributed by atoms with Crippen molar-refractivity contribution < 1.29 is 0 Å². The highest BCUT2D eigenvalue weighted by atomic mass is 15.1. The van der Waals surface area contributed by atoms with Gasteiger partial charge in [0, 0.05) is 49.6 Å². The van der Waals surface area contributed by atoms with Gasteiger partial charge in [0.1, 0.15) is 6.33 Å². The molecule has 2 aliphatic heterocycles. The molecule has 6 heterocycles. The highest BCUT2D eigenvalue weighted by Crippen LogP contribution is 1.96. The summed E-state index contributed by atoms with van der Waals surface area (Å²) in [6.45, 7) is 5.00. The number of pyridine rings is 1. The first-order valence-corrected chi connectivity index (χ1v) is 11.3. The Bertz CT molecular complexity index is 594. The minimum atomic E-state index is 1.25. The second-order valence-electron chi connectivity index (χ2n) is 6.72. The number of rotatable bonds is 0. The molecule has 33 heavy (non-hydrogen) atoms. The zero-order valence-electron chi connectivity index (χ0n) is 19.3. The summed E-state index contributed by atoms with van der Waals surface area (Å²) in [6, 6.07) is 9.33. The molecule has 2 aliphatic rings. The number of aromatic nitrogens is 7. The number of piperidine rings is 1. The van der Waals surface area contributed by atoms with E-state index in [1.54, 1.807) is 62.0 Å². The van der Waals surface area contributed by atoms with Gasteiger partial charge < -0.3 is 15.6 Å². The first kappa shape index (κ1) is 27.6. The van der Waals surface area contributed by atoms with Crippen molar-refractivity contribution in [3.8, 4) is 0 Å². The molecule has 2 saturated heterocycles. The molecule has 178 valence electrons. The van der Waals surface area contributed by atoms with E-state index in [1.807, 2.05) is 24.3 Å². The maximum Gasteiger partial charge on any atom is 0.115 e. The largest absolute Gasteiger partial charge is 0.351 e. The van der Waals surface area contributed by atoms with Crippen LogP contribution in [0.15, 0.2) is 92.6 Å². The van der Waals surface area contributed by atoms with E-state index in [2.05, 4.69) is 45.8 Å². The number of aromatic amines is 2. The average Bonchev–Trinajstić information content (AvgIpc) is 3.76. The Balaban J connectivity index is 0.000000198. The quantitative estimate of drug-likeness (QED) is 0.323. The van der Waals surface area contributed by atoms with Crippen LogP contribution in [0.1, 0.15) is 32.1 Å². The predicted molar refractivity (Wildman–Crippen MR) is 132 cm³/mol. The lowest BCUT2D eigenvalue weighted by Gasteiger charge is -2.08. The van der Waals surface area contributed by atoms with Crippen molar-refractivity contribution in [1.29, 1.82) is 0 Å². The fraction of sp³-hybridized carbons (Fsp3) is 0.375. The molecule has 0 amide bonds. The molecule has 0 aromatic carbocycles. The van der Waals surface area contributed by atoms with Gasteiger partial charge in [-0.15, -0.1) is 0 Å². The molecule has 0 spiro atoms. The van der Waals surface area contributed by atoms with Crippen molar-refractivity contribution in [2.75, 3.05) is 26.2 Å². The molecule has 0 aliphatic carbocycles. The number of hydrogen-bond acceptors (Lipinski definition) is 7. The molecule has 4 N–H and O–H groups in total. The minimum absolute atomic E-state index is 1.25. The van der Waals surface area contributed by atoms with Crippen LogP contribution in [0.2, 0.25) is 0 Å². The van der Waals surface area contributed by atoms with Crippen molar-refractivity contribution in [1.82, 2.24) is 45.8 Å². The number of nitrogens with zero attached hydrogens (tertiary/aromatic N) is 5. The Morgan fingerprint density at radius 3 is 1.30 bits per heavy atom. The molecule has 9 nitrogen and oxygen atoms in total. The molecule has 0 bridgehead atoms. The third-order valence-corrected chi connectivity index (χ3v) is 4.02. The first-order valence-electron chi connectivity index (χ1n) is 11.3. The summed E-state index contributed by atoms with van der Waals surface area (Å²) in [4.78, 5) is 17.5. The molecule has 6 rings (SSSR count). The van der Waals surface area contributed by atoms with Crippen LogP contribution in [0.3, 0.4) is 0 Å². The Hall–Kier alpha value is -3.43. The molecule has 2 fully saturated rings. The Morgan fingerprint density at radius 1 is 0.485 bits per heavy atom. The molecule has 0 atom stereocenters. The summed E-state index contributed by atoms with van der Waals surface area (Å²) in [5.74, 6) is 0. The van der Waals surface area contributed by atoms with Crippen molar-refractivity contribution in [2.45, 2.75) is 32.1 Å². The summed E-state index contributed by atoms with van der Waals surface area (Å²) in [5, 5.41) is 12.7. The highest BCUT2D eigenvalue weighted by Gasteiger charge is 1.94. The third kappa shape index (κ3) is 23.1. The van der Waals surface area contributed by atoms with Gasteiger partial charge in [-0.25, -0.2) is 15.0 Å². The normalized spacial score (nSPS) is 13.3. The summed E-state index contributed by atoms with van der Waals surface area (Å²) in [7, 11) is 0. The molecule has 9 heteroatoms.